The molecule has 0 N–H and O–H groups in total. The Morgan fingerprint density at radius 1 is 1.27 bits per heavy atom. The van der Waals surface area contributed by atoms with Gasteiger partial charge in [-0.1, -0.05) is 47.2 Å². The van der Waals surface area contributed by atoms with E-state index in [2.05, 4.69) is 11.6 Å². The standard InChI is InChI=1S/C17H13ClN2OS/c1-2-10-20(16(21)12-6-5-7-13(18)11-12)17-19-14-8-3-4-9-15(14)22-17/h2-9,11H,1,10H2. The lowest BCUT2D eigenvalue weighted by atomic mass is 10.2. The van der Waals surface area contributed by atoms with Crippen LogP contribution in [0.2, 0.25) is 5.02 Å². The number of rotatable bonds is 4. The Balaban J connectivity index is 2.01. The first-order valence-corrected chi connectivity index (χ1v) is 7.92. The average molecular weight is 329 g/mol. The summed E-state index contributed by atoms with van der Waals surface area (Å²) in [5.41, 5.74) is 1.42. The van der Waals surface area contributed by atoms with Crippen molar-refractivity contribution in [1.29, 1.82) is 0 Å². The van der Waals surface area contributed by atoms with E-state index in [1.54, 1.807) is 35.2 Å². The Bertz CT molecular complexity index is 810. The third kappa shape index (κ3) is 2.89. The van der Waals surface area contributed by atoms with E-state index < -0.39 is 0 Å². The van der Waals surface area contributed by atoms with Crippen LogP contribution in [0.25, 0.3) is 10.2 Å². The first kappa shape index (κ1) is 14.8. The van der Waals surface area contributed by atoms with E-state index in [9.17, 15) is 4.79 Å². The van der Waals surface area contributed by atoms with Gasteiger partial charge >= 0.3 is 0 Å². The van der Waals surface area contributed by atoms with Crippen molar-refractivity contribution in [3.8, 4) is 0 Å². The Labute approximate surface area is 137 Å². The number of aromatic nitrogens is 1. The number of halogens is 1. The van der Waals surface area contributed by atoms with Crippen molar-refractivity contribution in [3.05, 3.63) is 71.8 Å². The molecule has 3 nitrogen and oxygen atoms in total. The number of fused-ring (bicyclic) bond motifs is 1. The van der Waals surface area contributed by atoms with E-state index >= 15 is 0 Å². The molecule has 0 aliphatic rings. The lowest BCUT2D eigenvalue weighted by Crippen LogP contribution is -2.30. The van der Waals surface area contributed by atoms with Crippen LogP contribution in [0.4, 0.5) is 5.13 Å². The topological polar surface area (TPSA) is 33.2 Å². The fraction of sp³-hybridized carbons (Fsp3) is 0.0588. The number of thiazole rings is 1. The first-order chi connectivity index (χ1) is 10.7. The monoisotopic (exact) mass is 328 g/mol. The van der Waals surface area contributed by atoms with E-state index in [1.165, 1.54) is 11.3 Å². The van der Waals surface area contributed by atoms with Crippen molar-refractivity contribution in [2.75, 3.05) is 11.4 Å². The molecule has 0 bridgehead atoms. The fourth-order valence-corrected chi connectivity index (χ4v) is 3.29. The number of carbonyl (C=O) groups excluding carboxylic acids is 1. The van der Waals surface area contributed by atoms with Crippen molar-refractivity contribution in [1.82, 2.24) is 4.98 Å². The number of carbonyl (C=O) groups is 1. The zero-order chi connectivity index (χ0) is 15.5. The summed E-state index contributed by atoms with van der Waals surface area (Å²) in [6.07, 6.45) is 1.69. The van der Waals surface area contributed by atoms with Crippen molar-refractivity contribution >= 4 is 44.2 Å². The maximum absolute atomic E-state index is 12.8. The van der Waals surface area contributed by atoms with Gasteiger partial charge in [0.15, 0.2) is 5.13 Å². The lowest BCUT2D eigenvalue weighted by Gasteiger charge is -2.18. The van der Waals surface area contributed by atoms with Crippen LogP contribution in [0.1, 0.15) is 10.4 Å². The second kappa shape index (κ2) is 6.30. The van der Waals surface area contributed by atoms with Gasteiger partial charge in [-0.05, 0) is 30.3 Å². The molecule has 110 valence electrons. The quantitative estimate of drug-likeness (QED) is 0.645. The van der Waals surface area contributed by atoms with Gasteiger partial charge in [0, 0.05) is 17.1 Å². The molecule has 1 aromatic heterocycles. The van der Waals surface area contributed by atoms with E-state index in [4.69, 9.17) is 11.6 Å². The summed E-state index contributed by atoms with van der Waals surface area (Å²) in [6, 6.07) is 14.7. The summed E-state index contributed by atoms with van der Waals surface area (Å²) in [7, 11) is 0. The molecule has 2 aromatic carbocycles. The molecule has 1 amide bonds. The SMILES string of the molecule is C=CCN(C(=O)c1cccc(Cl)c1)c1nc2ccccc2s1. The molecule has 0 fully saturated rings. The summed E-state index contributed by atoms with van der Waals surface area (Å²) in [4.78, 5) is 18.9. The lowest BCUT2D eigenvalue weighted by molar-refractivity contribution is 0.0989. The highest BCUT2D eigenvalue weighted by molar-refractivity contribution is 7.22. The number of anilines is 1. The van der Waals surface area contributed by atoms with Crippen LogP contribution >= 0.6 is 22.9 Å². The summed E-state index contributed by atoms with van der Waals surface area (Å²) < 4.78 is 1.05. The molecule has 1 heterocycles. The number of hydrogen-bond donors (Lipinski definition) is 0. The molecular weight excluding hydrogens is 316 g/mol. The van der Waals surface area contributed by atoms with Gasteiger partial charge in [-0.2, -0.15) is 0 Å². The third-order valence-electron chi connectivity index (χ3n) is 3.14. The van der Waals surface area contributed by atoms with Gasteiger partial charge in [-0.3, -0.25) is 9.69 Å². The molecule has 0 spiro atoms. The van der Waals surface area contributed by atoms with Gasteiger partial charge in [0.1, 0.15) is 0 Å². The van der Waals surface area contributed by atoms with Crippen LogP contribution in [0.5, 0.6) is 0 Å². The molecule has 5 heteroatoms. The van der Waals surface area contributed by atoms with Crippen LogP contribution < -0.4 is 4.90 Å². The van der Waals surface area contributed by atoms with Gasteiger partial charge in [0.25, 0.3) is 5.91 Å². The Kier molecular flexibility index (Phi) is 4.22. The molecule has 0 saturated carbocycles. The number of hydrogen-bond acceptors (Lipinski definition) is 3. The molecule has 0 saturated heterocycles. The highest BCUT2D eigenvalue weighted by Crippen LogP contribution is 2.29. The number of amides is 1. The predicted molar refractivity (Wildman–Crippen MR) is 92.9 cm³/mol. The summed E-state index contributed by atoms with van der Waals surface area (Å²) in [5.74, 6) is -0.138. The number of para-hydroxylation sites is 1. The Hall–Kier alpha value is -2.17. The van der Waals surface area contributed by atoms with Gasteiger partial charge in [-0.25, -0.2) is 4.98 Å². The second-order valence-electron chi connectivity index (χ2n) is 4.68. The van der Waals surface area contributed by atoms with Gasteiger partial charge in [0.2, 0.25) is 0 Å². The molecular formula is C17H13ClN2OS. The highest BCUT2D eigenvalue weighted by Gasteiger charge is 2.20. The van der Waals surface area contributed by atoms with Gasteiger partial charge in [0.05, 0.1) is 10.2 Å². The molecule has 0 radical (unpaired) electrons. The number of benzene rings is 2. The van der Waals surface area contributed by atoms with Crippen LogP contribution in [0, 0.1) is 0 Å². The third-order valence-corrected chi connectivity index (χ3v) is 4.44. The van der Waals surface area contributed by atoms with Crippen LogP contribution in [-0.4, -0.2) is 17.4 Å². The van der Waals surface area contributed by atoms with Crippen molar-refractivity contribution < 1.29 is 4.79 Å². The molecule has 3 rings (SSSR count). The molecule has 22 heavy (non-hydrogen) atoms. The van der Waals surface area contributed by atoms with Crippen molar-refractivity contribution in [2.45, 2.75) is 0 Å². The van der Waals surface area contributed by atoms with E-state index in [0.717, 1.165) is 10.2 Å². The maximum Gasteiger partial charge on any atom is 0.260 e. The average Bonchev–Trinajstić information content (AvgIpc) is 2.95. The molecule has 0 aliphatic heterocycles. The Morgan fingerprint density at radius 3 is 2.82 bits per heavy atom. The first-order valence-electron chi connectivity index (χ1n) is 6.73. The maximum atomic E-state index is 12.8. The van der Waals surface area contributed by atoms with Crippen LogP contribution in [-0.2, 0) is 0 Å². The van der Waals surface area contributed by atoms with E-state index in [0.29, 0.717) is 22.3 Å². The summed E-state index contributed by atoms with van der Waals surface area (Å²) in [6.45, 7) is 4.12. The van der Waals surface area contributed by atoms with Gasteiger partial charge < -0.3 is 0 Å². The smallest absolute Gasteiger partial charge is 0.260 e. The van der Waals surface area contributed by atoms with Crippen LogP contribution in [0.15, 0.2) is 61.2 Å². The zero-order valence-corrected chi connectivity index (χ0v) is 13.3. The molecule has 0 unspecified atom stereocenters. The van der Waals surface area contributed by atoms with E-state index in [1.807, 2.05) is 24.3 Å². The van der Waals surface area contributed by atoms with Crippen molar-refractivity contribution in [2.24, 2.45) is 0 Å². The Morgan fingerprint density at radius 2 is 2.09 bits per heavy atom. The molecule has 0 atom stereocenters. The number of nitrogens with zero attached hydrogens (tertiary/aromatic N) is 2. The predicted octanol–water partition coefficient (Wildman–Crippen LogP) is 4.78. The summed E-state index contributed by atoms with van der Waals surface area (Å²) in [5, 5.41) is 1.19. The van der Waals surface area contributed by atoms with Crippen LogP contribution in [0.3, 0.4) is 0 Å². The minimum absolute atomic E-state index is 0.138. The van der Waals surface area contributed by atoms with Crippen molar-refractivity contribution in [3.63, 3.8) is 0 Å². The highest BCUT2D eigenvalue weighted by atomic mass is 35.5. The normalized spacial score (nSPS) is 10.6. The fourth-order valence-electron chi connectivity index (χ4n) is 2.13. The molecule has 3 aromatic rings. The summed E-state index contributed by atoms with van der Waals surface area (Å²) >= 11 is 7.46. The molecule has 0 aliphatic carbocycles. The van der Waals surface area contributed by atoms with E-state index in [-0.39, 0.29) is 5.91 Å². The second-order valence-corrected chi connectivity index (χ2v) is 6.12. The minimum Gasteiger partial charge on any atom is -0.280 e. The minimum atomic E-state index is -0.138. The zero-order valence-electron chi connectivity index (χ0n) is 11.7. The van der Waals surface area contributed by atoms with Gasteiger partial charge in [-0.15, -0.1) is 6.58 Å². The largest absolute Gasteiger partial charge is 0.280 e.